The first-order valence-corrected chi connectivity index (χ1v) is 6.58. The van der Waals surface area contributed by atoms with Crippen LogP contribution in [0.2, 0.25) is 0 Å². The number of hydrogen-bond donors (Lipinski definition) is 0. The van der Waals surface area contributed by atoms with Crippen molar-refractivity contribution in [2.75, 3.05) is 32.8 Å². The van der Waals surface area contributed by atoms with Crippen LogP contribution in [0.25, 0.3) is 0 Å². The van der Waals surface area contributed by atoms with Gasteiger partial charge in [-0.05, 0) is 25.7 Å². The predicted molar refractivity (Wildman–Crippen MR) is 49.0 cm³/mol. The van der Waals surface area contributed by atoms with Gasteiger partial charge in [0.2, 0.25) is 0 Å². The highest BCUT2D eigenvalue weighted by molar-refractivity contribution is 7.38. The fraction of sp³-hybridized carbons (Fsp3) is 1.00. The predicted octanol–water partition coefficient (Wildman–Crippen LogP) is 1.62. The molecule has 0 spiro atoms. The molecule has 0 aliphatic carbocycles. The molecule has 0 aromatic heterocycles. The van der Waals surface area contributed by atoms with E-state index in [9.17, 15) is 0 Å². The average molecular weight is 166 g/mol. The molecular weight excluding hydrogens is 150 g/mol. The van der Waals surface area contributed by atoms with E-state index in [-0.39, 0.29) is 0 Å². The fourth-order valence-electron chi connectivity index (χ4n) is 0.694. The van der Waals surface area contributed by atoms with Crippen molar-refractivity contribution in [1.29, 1.82) is 0 Å². The summed E-state index contributed by atoms with van der Waals surface area (Å²) in [5.41, 5.74) is 0. The second-order valence-electron chi connectivity index (χ2n) is 1.97. The second-order valence-corrected chi connectivity index (χ2v) is 4.20. The number of hydrogen-bond acceptors (Lipinski definition) is 1. The summed E-state index contributed by atoms with van der Waals surface area (Å²) in [5.74, 6) is 0. The van der Waals surface area contributed by atoms with E-state index in [4.69, 9.17) is 4.74 Å². The SMILES string of the molecule is COC(CPC)CPC. The molecule has 0 aromatic rings. The maximum atomic E-state index is 5.24. The molecule has 0 rings (SSSR count). The molecule has 0 aliphatic rings. The van der Waals surface area contributed by atoms with E-state index >= 15 is 0 Å². The molecule has 2 atom stereocenters. The van der Waals surface area contributed by atoms with Crippen LogP contribution in [0.4, 0.5) is 0 Å². The van der Waals surface area contributed by atoms with Crippen LogP contribution in [-0.2, 0) is 4.74 Å². The number of rotatable bonds is 5. The molecule has 0 aromatic carbocycles. The molecule has 3 heteroatoms. The molecule has 56 valence electrons. The van der Waals surface area contributed by atoms with Gasteiger partial charge in [-0.25, -0.2) is 0 Å². The smallest absolute Gasteiger partial charge is 0.0644 e. The average Bonchev–Trinajstić information content (AvgIpc) is 1.88. The summed E-state index contributed by atoms with van der Waals surface area (Å²) in [5, 5.41) is 0. The highest BCUT2D eigenvalue weighted by Crippen LogP contribution is 2.13. The van der Waals surface area contributed by atoms with Crippen molar-refractivity contribution in [3.63, 3.8) is 0 Å². The largest absolute Gasteiger partial charge is 0.381 e. The zero-order chi connectivity index (χ0) is 7.11. The Bertz CT molecular complexity index is 53.0. The van der Waals surface area contributed by atoms with Crippen LogP contribution < -0.4 is 0 Å². The first kappa shape index (κ1) is 9.82. The molecule has 0 heterocycles. The van der Waals surface area contributed by atoms with Crippen molar-refractivity contribution in [2.45, 2.75) is 6.10 Å². The van der Waals surface area contributed by atoms with Crippen molar-refractivity contribution in [3.05, 3.63) is 0 Å². The van der Waals surface area contributed by atoms with Crippen molar-refractivity contribution in [2.24, 2.45) is 0 Å². The monoisotopic (exact) mass is 166 g/mol. The first-order valence-electron chi connectivity index (χ1n) is 3.17. The van der Waals surface area contributed by atoms with Crippen LogP contribution in [0, 0.1) is 0 Å². The topological polar surface area (TPSA) is 9.23 Å². The van der Waals surface area contributed by atoms with E-state index in [1.54, 1.807) is 0 Å². The minimum absolute atomic E-state index is 0.539. The molecule has 9 heavy (non-hydrogen) atoms. The third-order valence-electron chi connectivity index (χ3n) is 1.20. The van der Waals surface area contributed by atoms with Gasteiger partial charge in [0, 0.05) is 7.11 Å². The molecular formula is C6H16OP2. The van der Waals surface area contributed by atoms with Gasteiger partial charge in [-0.2, -0.15) is 0 Å². The molecule has 0 N–H and O–H groups in total. The number of ether oxygens (including phenoxy) is 1. The van der Waals surface area contributed by atoms with Gasteiger partial charge in [-0.1, -0.05) is 0 Å². The Morgan fingerprint density at radius 3 is 1.89 bits per heavy atom. The minimum Gasteiger partial charge on any atom is -0.381 e. The Morgan fingerprint density at radius 1 is 1.22 bits per heavy atom. The quantitative estimate of drug-likeness (QED) is 0.564. The molecule has 0 radical (unpaired) electrons. The molecule has 2 unspecified atom stereocenters. The summed E-state index contributed by atoms with van der Waals surface area (Å²) in [7, 11) is 3.88. The van der Waals surface area contributed by atoms with Gasteiger partial charge >= 0.3 is 0 Å². The Balaban J connectivity index is 3.18. The highest BCUT2D eigenvalue weighted by Gasteiger charge is 2.01. The molecule has 0 bridgehead atoms. The van der Waals surface area contributed by atoms with Gasteiger partial charge in [0.1, 0.15) is 0 Å². The summed E-state index contributed by atoms with van der Waals surface area (Å²) in [4.78, 5) is 0. The highest BCUT2D eigenvalue weighted by atomic mass is 31.1. The van der Waals surface area contributed by atoms with Crippen molar-refractivity contribution in [3.8, 4) is 0 Å². The fourth-order valence-corrected chi connectivity index (χ4v) is 2.52. The van der Waals surface area contributed by atoms with Crippen LogP contribution >= 0.6 is 17.2 Å². The van der Waals surface area contributed by atoms with Crippen LogP contribution in [-0.4, -0.2) is 38.9 Å². The lowest BCUT2D eigenvalue weighted by molar-refractivity contribution is 0.140. The maximum absolute atomic E-state index is 5.24. The zero-order valence-corrected chi connectivity index (χ0v) is 8.40. The second kappa shape index (κ2) is 6.93. The van der Waals surface area contributed by atoms with E-state index in [1.165, 1.54) is 12.3 Å². The number of methoxy groups -OCH3 is 1. The van der Waals surface area contributed by atoms with Crippen LogP contribution in [0.5, 0.6) is 0 Å². The van der Waals surface area contributed by atoms with Crippen LogP contribution in [0.3, 0.4) is 0 Å². The van der Waals surface area contributed by atoms with Crippen LogP contribution in [0.1, 0.15) is 0 Å². The standard InChI is InChI=1S/C6H16OP2/c1-7-6(4-8-2)5-9-3/h6,8-9H,4-5H2,1-3H3. The van der Waals surface area contributed by atoms with Gasteiger partial charge in [0.05, 0.1) is 6.10 Å². The third-order valence-corrected chi connectivity index (χ3v) is 2.92. The van der Waals surface area contributed by atoms with Gasteiger partial charge < -0.3 is 4.74 Å². The lowest BCUT2D eigenvalue weighted by Gasteiger charge is -2.11. The van der Waals surface area contributed by atoms with E-state index in [1.807, 2.05) is 7.11 Å². The van der Waals surface area contributed by atoms with Crippen LogP contribution in [0.15, 0.2) is 0 Å². The molecule has 0 saturated heterocycles. The summed E-state index contributed by atoms with van der Waals surface area (Å²) in [6.45, 7) is 4.45. The summed E-state index contributed by atoms with van der Waals surface area (Å²) >= 11 is 0. The summed E-state index contributed by atoms with van der Waals surface area (Å²) in [6, 6.07) is 0. The minimum atomic E-state index is 0.539. The Labute approximate surface area is 61.5 Å². The summed E-state index contributed by atoms with van der Waals surface area (Å²) in [6.07, 6.45) is 3.03. The normalized spacial score (nSPS) is 16.3. The Hall–Kier alpha value is 0.820. The lowest BCUT2D eigenvalue weighted by Crippen LogP contribution is -2.14. The molecule has 0 fully saturated rings. The maximum Gasteiger partial charge on any atom is 0.0644 e. The van der Waals surface area contributed by atoms with Gasteiger partial charge in [-0.3, -0.25) is 0 Å². The van der Waals surface area contributed by atoms with Crippen molar-refractivity contribution < 1.29 is 4.74 Å². The van der Waals surface area contributed by atoms with E-state index in [0.29, 0.717) is 6.10 Å². The van der Waals surface area contributed by atoms with Crippen molar-refractivity contribution in [1.82, 2.24) is 0 Å². The first-order chi connectivity index (χ1) is 4.35. The summed E-state index contributed by atoms with van der Waals surface area (Å²) < 4.78 is 5.24. The van der Waals surface area contributed by atoms with E-state index in [2.05, 4.69) is 13.3 Å². The van der Waals surface area contributed by atoms with Gasteiger partial charge in [0.15, 0.2) is 0 Å². The lowest BCUT2D eigenvalue weighted by atomic mass is 10.5. The third kappa shape index (κ3) is 5.27. The van der Waals surface area contributed by atoms with E-state index < -0.39 is 0 Å². The Kier molecular flexibility index (Phi) is 7.57. The van der Waals surface area contributed by atoms with E-state index in [0.717, 1.165) is 17.2 Å². The molecule has 0 saturated carbocycles. The molecule has 1 nitrogen and oxygen atoms in total. The van der Waals surface area contributed by atoms with Gasteiger partial charge in [-0.15, -0.1) is 17.2 Å². The Morgan fingerprint density at radius 2 is 1.67 bits per heavy atom. The molecule has 0 amide bonds. The van der Waals surface area contributed by atoms with Gasteiger partial charge in [0.25, 0.3) is 0 Å². The van der Waals surface area contributed by atoms with Crippen molar-refractivity contribution >= 4 is 17.2 Å². The zero-order valence-electron chi connectivity index (χ0n) is 6.40. The molecule has 0 aliphatic heterocycles.